The Morgan fingerprint density at radius 1 is 1.20 bits per heavy atom. The van der Waals surface area contributed by atoms with Crippen molar-refractivity contribution in [1.82, 2.24) is 0 Å². The number of halogens is 3. The second-order valence-electron chi connectivity index (χ2n) is 4.89. The van der Waals surface area contributed by atoms with Gasteiger partial charge in [0.05, 0.1) is 5.92 Å². The highest BCUT2D eigenvalue weighted by molar-refractivity contribution is 6.66. The Morgan fingerprint density at radius 2 is 1.85 bits per heavy atom. The van der Waals surface area contributed by atoms with Crippen LogP contribution in [0.1, 0.15) is 56.1 Å². The van der Waals surface area contributed by atoms with E-state index in [1.807, 2.05) is 12.1 Å². The Hall–Kier alpha value is -0.440. The molecule has 2 N–H and O–H groups in total. The number of primary amides is 1. The highest BCUT2D eigenvalue weighted by Gasteiger charge is 2.30. The van der Waals surface area contributed by atoms with Crippen molar-refractivity contribution in [2.45, 2.75) is 48.7 Å². The highest BCUT2D eigenvalue weighted by atomic mass is 35.6. The van der Waals surface area contributed by atoms with Crippen molar-refractivity contribution in [2.75, 3.05) is 0 Å². The number of nitrogens with two attached hydrogens (primary N) is 1. The van der Waals surface area contributed by atoms with Crippen molar-refractivity contribution in [1.29, 1.82) is 0 Å². The Kier molecular flexibility index (Phi) is 7.14. The van der Waals surface area contributed by atoms with Gasteiger partial charge in [-0.15, -0.1) is 0 Å². The molecule has 0 aromatic heterocycles. The molecule has 1 rings (SSSR count). The zero-order valence-electron chi connectivity index (χ0n) is 11.5. The predicted octanol–water partition coefficient (Wildman–Crippen LogP) is 5.05. The van der Waals surface area contributed by atoms with Crippen LogP contribution in [0, 0.1) is 0 Å². The van der Waals surface area contributed by atoms with E-state index in [4.69, 9.17) is 40.5 Å². The largest absolute Gasteiger partial charge is 0.369 e. The van der Waals surface area contributed by atoms with Gasteiger partial charge in [-0.1, -0.05) is 91.7 Å². The lowest BCUT2D eigenvalue weighted by Gasteiger charge is -2.21. The summed E-state index contributed by atoms with van der Waals surface area (Å²) in [6.45, 7) is 2.14. The molecule has 1 aromatic carbocycles. The molecule has 1 unspecified atom stereocenters. The van der Waals surface area contributed by atoms with Crippen LogP contribution in [-0.2, 0) is 8.59 Å². The molecule has 0 radical (unpaired) electrons. The SMILES string of the molecule is CCCCCCC(C(N)=O)c1ccccc1C(Cl)(Cl)Cl. The lowest BCUT2D eigenvalue weighted by atomic mass is 9.89. The summed E-state index contributed by atoms with van der Waals surface area (Å²) in [5.74, 6) is -0.776. The van der Waals surface area contributed by atoms with Crippen LogP contribution in [0.3, 0.4) is 0 Å². The molecule has 0 bridgehead atoms. The second kappa shape index (κ2) is 8.11. The minimum Gasteiger partial charge on any atom is -0.369 e. The number of benzene rings is 1. The Bertz CT molecular complexity index is 443. The first-order valence-electron chi connectivity index (χ1n) is 6.83. The first kappa shape index (κ1) is 17.6. The molecular formula is C15H20Cl3NO. The van der Waals surface area contributed by atoms with Gasteiger partial charge in [-0.2, -0.15) is 0 Å². The van der Waals surface area contributed by atoms with Gasteiger partial charge in [0, 0.05) is 5.56 Å². The molecule has 0 fully saturated rings. The number of alkyl halides is 3. The fourth-order valence-electron chi connectivity index (χ4n) is 2.29. The molecule has 0 saturated heterocycles. The summed E-state index contributed by atoms with van der Waals surface area (Å²) in [5.41, 5.74) is 6.78. The van der Waals surface area contributed by atoms with Gasteiger partial charge in [0.15, 0.2) is 0 Å². The molecule has 1 atom stereocenters. The van der Waals surface area contributed by atoms with Crippen LogP contribution in [0.15, 0.2) is 24.3 Å². The van der Waals surface area contributed by atoms with Crippen molar-refractivity contribution in [3.05, 3.63) is 35.4 Å². The molecule has 0 aliphatic heterocycles. The molecule has 0 saturated carbocycles. The molecule has 0 heterocycles. The zero-order valence-corrected chi connectivity index (χ0v) is 13.8. The van der Waals surface area contributed by atoms with Crippen molar-refractivity contribution >= 4 is 40.7 Å². The Balaban J connectivity index is 2.95. The van der Waals surface area contributed by atoms with Gasteiger partial charge >= 0.3 is 0 Å². The van der Waals surface area contributed by atoms with Crippen molar-refractivity contribution < 1.29 is 4.79 Å². The standard InChI is InChI=1S/C15H20Cl3NO/c1-2-3-4-5-9-12(14(19)20)11-8-6-7-10-13(11)15(16,17)18/h6-8,10,12H,2-5,9H2,1H3,(H2,19,20). The number of hydrogen-bond acceptors (Lipinski definition) is 1. The molecule has 1 aromatic rings. The molecule has 1 amide bonds. The van der Waals surface area contributed by atoms with E-state index < -0.39 is 9.71 Å². The van der Waals surface area contributed by atoms with Crippen molar-refractivity contribution in [2.24, 2.45) is 5.73 Å². The maximum absolute atomic E-state index is 11.7. The molecule has 112 valence electrons. The van der Waals surface area contributed by atoms with Gasteiger partial charge in [0.1, 0.15) is 0 Å². The number of carbonyl (C=O) groups is 1. The summed E-state index contributed by atoms with van der Waals surface area (Å²) >= 11 is 17.9. The van der Waals surface area contributed by atoms with E-state index in [1.54, 1.807) is 12.1 Å². The smallest absolute Gasteiger partial charge is 0.224 e. The predicted molar refractivity (Wildman–Crippen MR) is 86.4 cm³/mol. The first-order chi connectivity index (χ1) is 9.38. The third-order valence-electron chi connectivity index (χ3n) is 3.33. The average Bonchev–Trinajstić information content (AvgIpc) is 2.37. The van der Waals surface area contributed by atoms with E-state index in [0.717, 1.165) is 31.2 Å². The molecule has 20 heavy (non-hydrogen) atoms. The minimum absolute atomic E-state index is 0.372. The second-order valence-corrected chi connectivity index (χ2v) is 7.17. The lowest BCUT2D eigenvalue weighted by molar-refractivity contribution is -0.119. The Labute approximate surface area is 135 Å². The first-order valence-corrected chi connectivity index (χ1v) is 7.96. The van der Waals surface area contributed by atoms with Crippen LogP contribution >= 0.6 is 34.8 Å². The number of unbranched alkanes of at least 4 members (excludes halogenated alkanes) is 3. The number of rotatable bonds is 7. The van der Waals surface area contributed by atoms with Crippen molar-refractivity contribution in [3.8, 4) is 0 Å². The maximum atomic E-state index is 11.7. The van der Waals surface area contributed by atoms with Gasteiger partial charge in [0.2, 0.25) is 9.70 Å². The average molecular weight is 337 g/mol. The summed E-state index contributed by atoms with van der Waals surface area (Å²) in [7, 11) is 0. The van der Waals surface area contributed by atoms with Crippen LogP contribution in [0.25, 0.3) is 0 Å². The number of hydrogen-bond donors (Lipinski definition) is 1. The fraction of sp³-hybridized carbons (Fsp3) is 0.533. The fourth-order valence-corrected chi connectivity index (χ4v) is 2.80. The summed E-state index contributed by atoms with van der Waals surface area (Å²) in [6.07, 6.45) is 5.00. The maximum Gasteiger partial charge on any atom is 0.224 e. The molecule has 0 aliphatic rings. The van der Waals surface area contributed by atoms with Crippen LogP contribution in [0.2, 0.25) is 0 Å². The summed E-state index contributed by atoms with van der Waals surface area (Å²) < 4.78 is -1.55. The lowest BCUT2D eigenvalue weighted by Crippen LogP contribution is -2.23. The van der Waals surface area contributed by atoms with Gasteiger partial charge in [-0.25, -0.2) is 0 Å². The highest BCUT2D eigenvalue weighted by Crippen LogP contribution is 2.42. The minimum atomic E-state index is -1.55. The molecule has 0 spiro atoms. The topological polar surface area (TPSA) is 43.1 Å². The van der Waals surface area contributed by atoms with E-state index in [0.29, 0.717) is 12.0 Å². The van der Waals surface area contributed by atoms with Gasteiger partial charge in [0.25, 0.3) is 0 Å². The van der Waals surface area contributed by atoms with E-state index in [1.165, 1.54) is 0 Å². The summed E-state index contributed by atoms with van der Waals surface area (Å²) in [5, 5.41) is 0. The summed E-state index contributed by atoms with van der Waals surface area (Å²) in [6, 6.07) is 7.16. The third-order valence-corrected chi connectivity index (χ3v) is 3.94. The van der Waals surface area contributed by atoms with E-state index >= 15 is 0 Å². The monoisotopic (exact) mass is 335 g/mol. The van der Waals surface area contributed by atoms with Crippen molar-refractivity contribution in [3.63, 3.8) is 0 Å². The molecule has 0 aliphatic carbocycles. The number of amides is 1. The third kappa shape index (κ3) is 5.16. The number of carbonyl (C=O) groups excluding carboxylic acids is 1. The van der Waals surface area contributed by atoms with Crippen LogP contribution in [0.4, 0.5) is 0 Å². The van der Waals surface area contributed by atoms with Gasteiger partial charge in [-0.3, -0.25) is 4.79 Å². The molecule has 5 heteroatoms. The van der Waals surface area contributed by atoms with Gasteiger partial charge < -0.3 is 5.73 Å². The zero-order chi connectivity index (χ0) is 15.2. The Morgan fingerprint density at radius 3 is 2.40 bits per heavy atom. The van der Waals surface area contributed by atoms with E-state index in [-0.39, 0.29) is 5.91 Å². The van der Waals surface area contributed by atoms with Crippen LogP contribution in [0.5, 0.6) is 0 Å². The molecular weight excluding hydrogens is 317 g/mol. The summed E-state index contributed by atoms with van der Waals surface area (Å²) in [4.78, 5) is 11.7. The van der Waals surface area contributed by atoms with Gasteiger partial charge in [-0.05, 0) is 12.0 Å². The normalized spacial score (nSPS) is 13.2. The van der Waals surface area contributed by atoms with E-state index in [9.17, 15) is 4.79 Å². The van der Waals surface area contributed by atoms with Crippen LogP contribution < -0.4 is 5.73 Å². The van der Waals surface area contributed by atoms with E-state index in [2.05, 4.69) is 6.92 Å². The van der Waals surface area contributed by atoms with Crippen LogP contribution in [-0.4, -0.2) is 5.91 Å². The quantitative estimate of drug-likeness (QED) is 0.549. The molecule has 2 nitrogen and oxygen atoms in total.